The highest BCUT2D eigenvalue weighted by Crippen LogP contribution is 2.45. The lowest BCUT2D eigenvalue weighted by atomic mass is 9.62. The Labute approximate surface area is 134 Å². The quantitative estimate of drug-likeness (QED) is 0.878. The predicted octanol–water partition coefficient (Wildman–Crippen LogP) is 4.44. The molecular formula is C20H29NO. The van der Waals surface area contributed by atoms with Crippen LogP contribution in [0.15, 0.2) is 30.3 Å². The second kappa shape index (κ2) is 6.44. The van der Waals surface area contributed by atoms with Gasteiger partial charge in [-0.2, -0.15) is 0 Å². The maximum absolute atomic E-state index is 13.3. The van der Waals surface area contributed by atoms with E-state index in [2.05, 4.69) is 43.4 Å². The van der Waals surface area contributed by atoms with E-state index in [1.807, 2.05) is 6.07 Å². The topological polar surface area (TPSA) is 29.1 Å². The minimum absolute atomic E-state index is 0.281. The highest BCUT2D eigenvalue weighted by atomic mass is 16.2. The van der Waals surface area contributed by atoms with Crippen molar-refractivity contribution in [3.63, 3.8) is 0 Å². The van der Waals surface area contributed by atoms with Crippen LogP contribution in [-0.2, 0) is 10.2 Å². The molecule has 3 rings (SSSR count). The van der Waals surface area contributed by atoms with Crippen molar-refractivity contribution in [2.24, 2.45) is 11.8 Å². The van der Waals surface area contributed by atoms with E-state index in [0.717, 1.165) is 25.7 Å². The van der Waals surface area contributed by atoms with Gasteiger partial charge in [0.15, 0.2) is 0 Å². The summed E-state index contributed by atoms with van der Waals surface area (Å²) in [5.41, 5.74) is 0.893. The molecule has 0 saturated heterocycles. The van der Waals surface area contributed by atoms with Gasteiger partial charge in [0.2, 0.25) is 5.91 Å². The Morgan fingerprint density at radius 3 is 2.23 bits per heavy atom. The molecule has 22 heavy (non-hydrogen) atoms. The Kier molecular flexibility index (Phi) is 4.56. The molecule has 2 atom stereocenters. The SMILES string of the molecule is CC1CC(C)CC(C(=O)NC2CCCC2)(c2ccccc2)C1. The second-order valence-corrected chi connectivity index (χ2v) is 7.76. The first-order valence-corrected chi connectivity index (χ1v) is 8.96. The molecule has 1 aromatic carbocycles. The van der Waals surface area contributed by atoms with Gasteiger partial charge in [0, 0.05) is 6.04 Å². The summed E-state index contributed by atoms with van der Waals surface area (Å²) in [6.07, 6.45) is 8.04. The van der Waals surface area contributed by atoms with Gasteiger partial charge in [0.05, 0.1) is 5.41 Å². The molecule has 0 heterocycles. The van der Waals surface area contributed by atoms with Crippen molar-refractivity contribution in [2.75, 3.05) is 0 Å². The monoisotopic (exact) mass is 299 g/mol. The number of hydrogen-bond donors (Lipinski definition) is 1. The van der Waals surface area contributed by atoms with Gasteiger partial charge in [-0.1, -0.05) is 57.0 Å². The van der Waals surface area contributed by atoms with Crippen LogP contribution < -0.4 is 5.32 Å². The number of amides is 1. The molecule has 1 N–H and O–H groups in total. The Bertz CT molecular complexity index is 494. The molecule has 1 aromatic rings. The highest BCUT2D eigenvalue weighted by Gasteiger charge is 2.45. The van der Waals surface area contributed by atoms with Crippen LogP contribution in [0.25, 0.3) is 0 Å². The summed E-state index contributed by atoms with van der Waals surface area (Å²) in [7, 11) is 0. The fourth-order valence-corrected chi connectivity index (χ4v) is 4.83. The van der Waals surface area contributed by atoms with E-state index in [9.17, 15) is 4.79 Å². The summed E-state index contributed by atoms with van der Waals surface area (Å²) in [6.45, 7) is 4.60. The molecule has 1 amide bonds. The predicted molar refractivity (Wildman–Crippen MR) is 90.7 cm³/mol. The van der Waals surface area contributed by atoms with E-state index < -0.39 is 0 Å². The highest BCUT2D eigenvalue weighted by molar-refractivity contribution is 5.88. The molecule has 0 radical (unpaired) electrons. The number of carbonyl (C=O) groups is 1. The fraction of sp³-hybridized carbons (Fsp3) is 0.650. The average Bonchev–Trinajstić information content (AvgIpc) is 3.00. The minimum atomic E-state index is -0.319. The lowest BCUT2D eigenvalue weighted by Crippen LogP contribution is -2.51. The second-order valence-electron chi connectivity index (χ2n) is 7.76. The molecule has 2 heteroatoms. The van der Waals surface area contributed by atoms with Crippen LogP contribution in [0.2, 0.25) is 0 Å². The van der Waals surface area contributed by atoms with Gasteiger partial charge in [-0.05, 0) is 49.5 Å². The van der Waals surface area contributed by atoms with Crippen molar-refractivity contribution in [3.05, 3.63) is 35.9 Å². The Hall–Kier alpha value is -1.31. The summed E-state index contributed by atoms with van der Waals surface area (Å²) >= 11 is 0. The lowest BCUT2D eigenvalue weighted by Gasteiger charge is -2.42. The van der Waals surface area contributed by atoms with E-state index in [1.54, 1.807) is 0 Å². The van der Waals surface area contributed by atoms with Crippen molar-refractivity contribution >= 4 is 5.91 Å². The Balaban J connectivity index is 1.90. The Morgan fingerprint density at radius 2 is 1.64 bits per heavy atom. The third-order valence-electron chi connectivity index (χ3n) is 5.65. The largest absolute Gasteiger partial charge is 0.353 e. The molecule has 0 aliphatic heterocycles. The molecule has 0 spiro atoms. The van der Waals surface area contributed by atoms with Crippen LogP contribution in [0.5, 0.6) is 0 Å². The van der Waals surface area contributed by atoms with Gasteiger partial charge in [0.1, 0.15) is 0 Å². The van der Waals surface area contributed by atoms with Crippen molar-refractivity contribution in [3.8, 4) is 0 Å². The first kappa shape index (κ1) is 15.6. The summed E-state index contributed by atoms with van der Waals surface area (Å²) in [6, 6.07) is 10.9. The minimum Gasteiger partial charge on any atom is -0.353 e. The van der Waals surface area contributed by atoms with Crippen LogP contribution in [0.1, 0.15) is 64.4 Å². The van der Waals surface area contributed by atoms with E-state index in [-0.39, 0.29) is 11.3 Å². The van der Waals surface area contributed by atoms with E-state index in [0.29, 0.717) is 17.9 Å². The maximum atomic E-state index is 13.3. The summed E-state index contributed by atoms with van der Waals surface area (Å²) < 4.78 is 0. The first-order valence-electron chi connectivity index (χ1n) is 8.96. The molecule has 2 nitrogen and oxygen atoms in total. The smallest absolute Gasteiger partial charge is 0.230 e. The van der Waals surface area contributed by atoms with Gasteiger partial charge in [0.25, 0.3) is 0 Å². The molecule has 120 valence electrons. The Morgan fingerprint density at radius 1 is 1.05 bits per heavy atom. The van der Waals surface area contributed by atoms with Crippen molar-refractivity contribution in [2.45, 2.75) is 70.3 Å². The third-order valence-corrected chi connectivity index (χ3v) is 5.65. The van der Waals surface area contributed by atoms with Crippen LogP contribution in [0, 0.1) is 11.8 Å². The van der Waals surface area contributed by atoms with Crippen molar-refractivity contribution in [1.82, 2.24) is 5.32 Å². The maximum Gasteiger partial charge on any atom is 0.230 e. The summed E-state index contributed by atoms with van der Waals surface area (Å²) in [4.78, 5) is 13.3. The number of rotatable bonds is 3. The number of carbonyl (C=O) groups excluding carboxylic acids is 1. The van der Waals surface area contributed by atoms with Crippen LogP contribution >= 0.6 is 0 Å². The van der Waals surface area contributed by atoms with E-state index in [1.165, 1.54) is 24.8 Å². The first-order chi connectivity index (χ1) is 10.6. The number of nitrogens with one attached hydrogen (secondary N) is 1. The van der Waals surface area contributed by atoms with Crippen molar-refractivity contribution < 1.29 is 4.79 Å². The van der Waals surface area contributed by atoms with E-state index >= 15 is 0 Å². The van der Waals surface area contributed by atoms with Crippen molar-refractivity contribution in [1.29, 1.82) is 0 Å². The van der Waals surface area contributed by atoms with Gasteiger partial charge >= 0.3 is 0 Å². The molecule has 0 bridgehead atoms. The summed E-state index contributed by atoms with van der Waals surface area (Å²) in [5.74, 6) is 1.50. The number of hydrogen-bond acceptors (Lipinski definition) is 1. The molecular weight excluding hydrogens is 270 g/mol. The number of benzene rings is 1. The van der Waals surface area contributed by atoms with Crippen LogP contribution in [-0.4, -0.2) is 11.9 Å². The molecule has 2 unspecified atom stereocenters. The van der Waals surface area contributed by atoms with Gasteiger partial charge in [-0.25, -0.2) is 0 Å². The fourth-order valence-electron chi connectivity index (χ4n) is 4.83. The zero-order valence-electron chi connectivity index (χ0n) is 14.0. The zero-order valence-corrected chi connectivity index (χ0v) is 14.0. The van der Waals surface area contributed by atoms with Crippen LogP contribution in [0.4, 0.5) is 0 Å². The third kappa shape index (κ3) is 3.06. The lowest BCUT2D eigenvalue weighted by molar-refractivity contribution is -0.130. The molecule has 2 aliphatic rings. The van der Waals surface area contributed by atoms with Gasteiger partial charge in [-0.15, -0.1) is 0 Å². The van der Waals surface area contributed by atoms with Crippen LogP contribution in [0.3, 0.4) is 0 Å². The van der Waals surface area contributed by atoms with E-state index in [4.69, 9.17) is 0 Å². The zero-order chi connectivity index (χ0) is 15.6. The molecule has 2 fully saturated rings. The van der Waals surface area contributed by atoms with Gasteiger partial charge in [-0.3, -0.25) is 4.79 Å². The standard InChI is InChI=1S/C20H29NO/c1-15-12-16(2)14-20(13-15,17-8-4-3-5-9-17)19(22)21-18-10-6-7-11-18/h3-5,8-9,15-16,18H,6-7,10-14H2,1-2H3,(H,21,22). The molecule has 2 saturated carbocycles. The normalized spacial score (nSPS) is 32.8. The average molecular weight is 299 g/mol. The summed E-state index contributed by atoms with van der Waals surface area (Å²) in [5, 5.41) is 3.39. The molecule has 0 aromatic heterocycles. The van der Waals surface area contributed by atoms with Gasteiger partial charge < -0.3 is 5.32 Å². The molecule has 2 aliphatic carbocycles.